The highest BCUT2D eigenvalue weighted by Gasteiger charge is 2.40. The van der Waals surface area contributed by atoms with E-state index in [0.29, 0.717) is 24.0 Å². The summed E-state index contributed by atoms with van der Waals surface area (Å²) in [5.41, 5.74) is 1.96. The summed E-state index contributed by atoms with van der Waals surface area (Å²) >= 11 is 0. The highest BCUT2D eigenvalue weighted by atomic mass is 19.3. The monoisotopic (exact) mass is 614 g/mol. The second-order valence-electron chi connectivity index (χ2n) is 11.5. The maximum Gasteiger partial charge on any atom is 0.386 e. The van der Waals surface area contributed by atoms with Gasteiger partial charge in [0.05, 0.1) is 11.7 Å². The molecule has 1 saturated carbocycles. The van der Waals surface area contributed by atoms with Crippen molar-refractivity contribution in [2.45, 2.75) is 76.4 Å². The molecule has 4 aromatic carbocycles. The lowest BCUT2D eigenvalue weighted by molar-refractivity contribution is -0.278. The molecule has 0 bridgehead atoms. The summed E-state index contributed by atoms with van der Waals surface area (Å²) in [5.74, 6) is -6.41. The molecule has 0 amide bonds. The van der Waals surface area contributed by atoms with Crippen LogP contribution in [0.25, 0.3) is 22.3 Å². The van der Waals surface area contributed by atoms with Gasteiger partial charge in [-0.1, -0.05) is 62.2 Å². The molecule has 44 heavy (non-hydrogen) atoms. The van der Waals surface area contributed by atoms with E-state index in [-0.39, 0.29) is 29.9 Å². The first-order valence-electron chi connectivity index (χ1n) is 14.9. The number of aryl methyl sites for hydroxylation is 1. The number of hydrogen-bond acceptors (Lipinski definition) is 1. The third-order valence-corrected chi connectivity index (χ3v) is 8.39. The van der Waals surface area contributed by atoms with Crippen LogP contribution in [0.1, 0.15) is 74.5 Å². The van der Waals surface area contributed by atoms with Gasteiger partial charge in [-0.15, -0.1) is 0 Å². The summed E-state index contributed by atoms with van der Waals surface area (Å²) in [5, 5.41) is 0. The van der Waals surface area contributed by atoms with Gasteiger partial charge in [-0.05, 0) is 103 Å². The van der Waals surface area contributed by atoms with E-state index in [4.69, 9.17) is 4.74 Å². The van der Waals surface area contributed by atoms with Crippen molar-refractivity contribution < 1.29 is 35.5 Å². The van der Waals surface area contributed by atoms with Crippen molar-refractivity contribution in [1.82, 2.24) is 0 Å². The first-order valence-corrected chi connectivity index (χ1v) is 14.9. The molecule has 1 nitrogen and oxygen atoms in total. The molecule has 1 aliphatic carbocycles. The molecule has 0 aromatic heterocycles. The van der Waals surface area contributed by atoms with Crippen molar-refractivity contribution in [3.63, 3.8) is 0 Å². The third-order valence-electron chi connectivity index (χ3n) is 8.39. The average molecular weight is 615 g/mol. The molecule has 1 aliphatic rings. The SMILES string of the molecule is CCCCCc1ccc(-c2ccc(C(F)(F)OC3CCC(c4ccc(-c5cc(F)c(F)c(F)c5)c(F)c4)CC3)c(F)c2)cc1. The fourth-order valence-electron chi connectivity index (χ4n) is 5.89. The van der Waals surface area contributed by atoms with E-state index >= 15 is 8.78 Å². The Morgan fingerprint density at radius 2 is 1.30 bits per heavy atom. The second-order valence-corrected chi connectivity index (χ2v) is 11.5. The van der Waals surface area contributed by atoms with Crippen LogP contribution >= 0.6 is 0 Å². The largest absolute Gasteiger partial charge is 0.386 e. The molecule has 0 heterocycles. The van der Waals surface area contributed by atoms with Crippen LogP contribution in [0.4, 0.5) is 30.7 Å². The third kappa shape index (κ3) is 7.17. The number of ether oxygens (including phenoxy) is 1. The molecule has 4 aromatic rings. The Kier molecular flexibility index (Phi) is 9.78. The van der Waals surface area contributed by atoms with E-state index in [2.05, 4.69) is 6.92 Å². The van der Waals surface area contributed by atoms with E-state index < -0.39 is 46.9 Å². The molecule has 0 spiro atoms. The van der Waals surface area contributed by atoms with Gasteiger partial charge in [-0.25, -0.2) is 22.0 Å². The lowest BCUT2D eigenvalue weighted by Gasteiger charge is -2.31. The molecular formula is C36H33F7O. The number of rotatable bonds is 10. The van der Waals surface area contributed by atoms with Gasteiger partial charge < -0.3 is 4.74 Å². The number of alkyl halides is 2. The maximum absolute atomic E-state index is 15.1. The fraction of sp³-hybridized carbons (Fsp3) is 0.333. The van der Waals surface area contributed by atoms with Gasteiger partial charge in [0, 0.05) is 5.56 Å². The summed E-state index contributed by atoms with van der Waals surface area (Å²) in [7, 11) is 0. The zero-order valence-electron chi connectivity index (χ0n) is 24.3. The van der Waals surface area contributed by atoms with E-state index in [0.717, 1.165) is 55.5 Å². The van der Waals surface area contributed by atoms with Crippen LogP contribution in [-0.2, 0) is 17.3 Å². The normalized spacial score (nSPS) is 17.2. The zero-order valence-corrected chi connectivity index (χ0v) is 24.3. The number of unbranched alkanes of at least 4 members (excludes halogenated alkanes) is 2. The molecule has 0 aliphatic heterocycles. The molecule has 5 rings (SSSR count). The number of halogens is 7. The van der Waals surface area contributed by atoms with Crippen molar-refractivity contribution in [3.8, 4) is 22.3 Å². The molecule has 1 fully saturated rings. The van der Waals surface area contributed by atoms with Gasteiger partial charge in [0.2, 0.25) is 0 Å². The average Bonchev–Trinajstić information content (AvgIpc) is 3.00. The zero-order chi connectivity index (χ0) is 31.4. The van der Waals surface area contributed by atoms with Crippen LogP contribution in [-0.4, -0.2) is 6.10 Å². The van der Waals surface area contributed by atoms with Crippen LogP contribution in [0.3, 0.4) is 0 Å². The first kappa shape index (κ1) is 31.8. The summed E-state index contributed by atoms with van der Waals surface area (Å²) < 4.78 is 106. The van der Waals surface area contributed by atoms with Gasteiger partial charge in [0.15, 0.2) is 17.5 Å². The number of hydrogen-bond donors (Lipinski definition) is 0. The molecule has 8 heteroatoms. The van der Waals surface area contributed by atoms with Crippen molar-refractivity contribution in [2.24, 2.45) is 0 Å². The smallest absolute Gasteiger partial charge is 0.313 e. The highest BCUT2D eigenvalue weighted by molar-refractivity contribution is 5.65. The van der Waals surface area contributed by atoms with Crippen molar-refractivity contribution in [3.05, 3.63) is 119 Å². The van der Waals surface area contributed by atoms with E-state index in [1.54, 1.807) is 6.07 Å². The predicted octanol–water partition coefficient (Wildman–Crippen LogP) is 11.2. The molecule has 232 valence electrons. The van der Waals surface area contributed by atoms with Crippen LogP contribution in [0, 0.1) is 29.1 Å². The molecule has 0 N–H and O–H groups in total. The molecular weight excluding hydrogens is 581 g/mol. The quantitative estimate of drug-likeness (QED) is 0.0981. The molecule has 0 radical (unpaired) electrons. The summed E-state index contributed by atoms with van der Waals surface area (Å²) in [6.45, 7) is 2.14. The summed E-state index contributed by atoms with van der Waals surface area (Å²) in [4.78, 5) is 0. The standard InChI is InChI=1S/C36H33F7O/c1-2-3-4-5-22-6-8-23(9-7-22)26-13-17-30(32(38)19-26)36(42,43)44-28-14-10-24(11-15-28)25-12-16-29(31(37)18-25)27-20-33(39)35(41)34(40)21-27/h6-9,12-13,16-21,24,28H,2-5,10-11,14-15H2,1H3. The van der Waals surface area contributed by atoms with Crippen molar-refractivity contribution in [2.75, 3.05) is 0 Å². The van der Waals surface area contributed by atoms with E-state index in [9.17, 15) is 22.0 Å². The minimum atomic E-state index is -3.84. The van der Waals surface area contributed by atoms with Crippen LogP contribution < -0.4 is 0 Å². The van der Waals surface area contributed by atoms with Crippen molar-refractivity contribution >= 4 is 0 Å². The molecule has 0 saturated heterocycles. The Balaban J connectivity index is 1.20. The summed E-state index contributed by atoms with van der Waals surface area (Å²) in [6, 6.07) is 17.0. The Morgan fingerprint density at radius 3 is 1.91 bits per heavy atom. The first-order chi connectivity index (χ1) is 21.1. The van der Waals surface area contributed by atoms with E-state index in [1.165, 1.54) is 23.8 Å². The highest BCUT2D eigenvalue weighted by Crippen LogP contribution is 2.41. The van der Waals surface area contributed by atoms with Crippen molar-refractivity contribution in [1.29, 1.82) is 0 Å². The summed E-state index contributed by atoms with van der Waals surface area (Å²) in [6.07, 6.45) is 1.02. The van der Waals surface area contributed by atoms with Gasteiger partial charge in [0.1, 0.15) is 11.6 Å². The Bertz CT molecular complexity index is 1570. The second kappa shape index (κ2) is 13.6. The Labute approximate surface area is 252 Å². The predicted molar refractivity (Wildman–Crippen MR) is 157 cm³/mol. The van der Waals surface area contributed by atoms with Gasteiger partial charge in [-0.2, -0.15) is 8.78 Å². The Hall–Kier alpha value is -3.65. The molecule has 0 atom stereocenters. The Morgan fingerprint density at radius 1 is 0.659 bits per heavy atom. The topological polar surface area (TPSA) is 9.23 Å². The molecule has 0 unspecified atom stereocenters. The minimum absolute atomic E-state index is 0.0873. The van der Waals surface area contributed by atoms with Crippen LogP contribution in [0.2, 0.25) is 0 Å². The fourth-order valence-corrected chi connectivity index (χ4v) is 5.89. The van der Waals surface area contributed by atoms with Gasteiger partial charge >= 0.3 is 6.11 Å². The maximum atomic E-state index is 15.1. The minimum Gasteiger partial charge on any atom is -0.313 e. The van der Waals surface area contributed by atoms with Crippen LogP contribution in [0.15, 0.2) is 72.8 Å². The van der Waals surface area contributed by atoms with Gasteiger partial charge in [-0.3, -0.25) is 0 Å². The lowest BCUT2D eigenvalue weighted by atomic mass is 9.82. The van der Waals surface area contributed by atoms with Gasteiger partial charge in [0.25, 0.3) is 0 Å². The lowest BCUT2D eigenvalue weighted by Crippen LogP contribution is -2.30. The number of benzene rings is 4. The van der Waals surface area contributed by atoms with E-state index in [1.807, 2.05) is 24.3 Å². The van der Waals surface area contributed by atoms with Crippen LogP contribution in [0.5, 0.6) is 0 Å².